The Bertz CT molecular complexity index is 680. The van der Waals surface area contributed by atoms with Crippen LogP contribution in [-0.4, -0.2) is 138 Å². The molecular formula is C42H96F6O6P7Pd6Tl+6. The van der Waals surface area contributed by atoms with Gasteiger partial charge in [-0.25, -0.2) is 0 Å². The largest absolute Gasteiger partial charge is 1.00 e. The second kappa shape index (κ2) is 116. The summed E-state index contributed by atoms with van der Waals surface area (Å²) in [7, 11) is -9.83. The van der Waals surface area contributed by atoms with Crippen LogP contribution in [0.3, 0.4) is 0 Å². The minimum atomic E-state index is -10.7. The molecule has 0 bridgehead atoms. The second-order valence-corrected chi connectivity index (χ2v) is 35.5. The van der Waals surface area contributed by atoms with Crippen LogP contribution in [-0.2, 0) is 150 Å². The van der Waals surface area contributed by atoms with Crippen molar-refractivity contribution >= 4 is 82.6 Å². The van der Waals surface area contributed by atoms with Crippen molar-refractivity contribution in [3.05, 3.63) is 39.9 Å². The van der Waals surface area contributed by atoms with E-state index >= 15 is 0 Å². The van der Waals surface area contributed by atoms with Crippen LogP contribution >= 0.6 is 55.3 Å². The summed E-state index contributed by atoms with van der Waals surface area (Å²) in [5, 5.41) is 0. The van der Waals surface area contributed by atoms with Gasteiger partial charge in [0.2, 0.25) is 0 Å². The molecule has 0 N–H and O–H groups in total. The first-order chi connectivity index (χ1) is 28.5. The van der Waals surface area contributed by atoms with Gasteiger partial charge in [0.25, 0.3) is 0 Å². The van der Waals surface area contributed by atoms with Crippen LogP contribution in [0.4, 0.5) is 25.2 Å². The van der Waals surface area contributed by atoms with Crippen LogP contribution in [0.15, 0.2) is 0 Å². The quantitative estimate of drug-likeness (QED) is 0.0427. The minimum Gasteiger partial charge on any atom is 0 e. The van der Waals surface area contributed by atoms with Gasteiger partial charge in [-0.1, -0.05) is 0 Å². The van der Waals surface area contributed by atoms with E-state index in [1.807, 2.05) is 0 Å². The monoisotopic (exact) mass is 1870 g/mol. The SMILES string of the molecule is CC[PH+](CC)CC.CC[PH+](CC)CC.CC[PH+](CC)CC.CC[PH+](CC)CC.CC[PH+](CC)CC.CC[PH+](CC)CC.F[P-](F)(F)(F)(F)F.[C-]#[O+].[C-]#[O+].[C-]#[O+].[C-]#[O+].[C-]#[O+].[C-]#[O+].[Pd].[Pd].[Pd].[Pd].[Pd].[Pd].[Tl+]. The average Bonchev–Trinajstić information content (AvgIpc) is 3.29. The number of rotatable bonds is 18. The van der Waals surface area contributed by atoms with E-state index in [-0.39, 0.29) is 197 Å². The van der Waals surface area contributed by atoms with Crippen LogP contribution in [0.5, 0.6) is 0 Å². The summed E-state index contributed by atoms with van der Waals surface area (Å²) in [6.45, 7) is 68.5. The Hall–Kier alpha value is 5.93. The molecule has 0 spiro atoms. The van der Waals surface area contributed by atoms with Crippen molar-refractivity contribution in [2.75, 3.05) is 111 Å². The zero-order valence-electron chi connectivity index (χ0n) is 44.4. The maximum Gasteiger partial charge on any atom is 1.00 e. The van der Waals surface area contributed by atoms with Crippen LogP contribution < -0.4 is 0 Å². The van der Waals surface area contributed by atoms with Gasteiger partial charge in [-0.2, -0.15) is 0 Å². The summed E-state index contributed by atoms with van der Waals surface area (Å²) in [6.07, 6.45) is 26.2. The fourth-order valence-electron chi connectivity index (χ4n) is 4.50. The normalized spacial score (nSPS) is 8.91. The van der Waals surface area contributed by atoms with Crippen molar-refractivity contribution in [2.45, 2.75) is 125 Å². The number of halogens is 6. The van der Waals surface area contributed by atoms with E-state index in [1.54, 1.807) is 0 Å². The molecule has 6 nitrogen and oxygen atoms in total. The van der Waals surface area contributed by atoms with E-state index in [0.29, 0.717) is 0 Å². The second-order valence-electron chi connectivity index (χ2n) is 11.8. The predicted octanol–water partition coefficient (Wildman–Crippen LogP) is 16.3. The fourth-order valence-corrected chi connectivity index (χ4v) is 13.5. The van der Waals surface area contributed by atoms with Gasteiger partial charge < -0.3 is 0 Å². The molecule has 0 saturated heterocycles. The molecule has 26 heteroatoms. The van der Waals surface area contributed by atoms with Gasteiger partial charge in [0.15, 0.2) is 0 Å². The van der Waals surface area contributed by atoms with E-state index in [9.17, 15) is 25.2 Å². The molecule has 0 aromatic rings. The molecule has 0 aliphatic heterocycles. The van der Waals surface area contributed by atoms with Crippen LogP contribution in [0, 0.1) is 39.9 Å². The Morgan fingerprint density at radius 3 is 0.250 bits per heavy atom. The number of hydrogen-bond acceptors (Lipinski definition) is 0. The molecule has 68 heavy (non-hydrogen) atoms. The molecule has 0 aromatic heterocycles. The maximum atomic E-state index is 9.87. The van der Waals surface area contributed by atoms with E-state index in [0.717, 1.165) is 0 Å². The standard InChI is InChI=1S/6C6H15P.6CO.F6P.6Pd.Tl/c6*1-4-7(5-2)6-3;6*1-2;1-7(2,3,4,5)6;;;;;;;/h6*4-6H2,1-3H3;;;;;;;;;;;;;;/q;;;;;;;;;;;;-1;;;;;;;+1/p+6. The maximum absolute atomic E-state index is 10.7. The molecule has 0 unspecified atom stereocenters. The predicted molar refractivity (Wildman–Crippen MR) is 283 cm³/mol. The Labute approximate surface area is 527 Å². The van der Waals surface area contributed by atoms with E-state index in [1.165, 1.54) is 111 Å². The third kappa shape index (κ3) is 206. The Balaban J connectivity index is -0.0000000208. The Kier molecular flexibility index (Phi) is 231. The van der Waals surface area contributed by atoms with E-state index in [4.69, 9.17) is 27.9 Å². The zero-order valence-corrected chi connectivity index (χ0v) is 65.1. The first-order valence-corrected chi connectivity index (χ1v) is 36.1. The zero-order chi connectivity index (χ0) is 52.6. The molecule has 0 aromatic carbocycles. The van der Waals surface area contributed by atoms with Crippen LogP contribution in [0.25, 0.3) is 0 Å². The van der Waals surface area contributed by atoms with Gasteiger partial charge in [0, 0.05) is 123 Å². The van der Waals surface area contributed by atoms with Gasteiger partial charge in [-0.15, -0.1) is 0 Å². The van der Waals surface area contributed by atoms with Crippen molar-refractivity contribution in [3.8, 4) is 0 Å². The van der Waals surface area contributed by atoms with Gasteiger partial charge in [-0.3, -0.25) is 0 Å². The van der Waals surface area contributed by atoms with E-state index in [2.05, 4.69) is 165 Å². The molecule has 0 rings (SSSR count). The molecule has 0 radical (unpaired) electrons. The van der Waals surface area contributed by atoms with Crippen molar-refractivity contribution in [1.82, 2.24) is 0 Å². The van der Waals surface area contributed by atoms with E-state index < -0.39 is 7.81 Å². The molecule has 0 fully saturated rings. The van der Waals surface area contributed by atoms with Crippen molar-refractivity contribution in [3.63, 3.8) is 0 Å². The summed E-state index contributed by atoms with van der Waals surface area (Å²) in [5.74, 6) is 0. The smallest absolute Gasteiger partial charge is 0 e. The van der Waals surface area contributed by atoms with Gasteiger partial charge in [0.1, 0.15) is 0 Å². The van der Waals surface area contributed by atoms with Crippen LogP contribution in [0.2, 0.25) is 0 Å². The summed E-state index contributed by atoms with van der Waals surface area (Å²) in [6, 6.07) is 0. The average molecular weight is 1870 g/mol. The summed E-state index contributed by atoms with van der Waals surface area (Å²) in [4.78, 5) is 0. The van der Waals surface area contributed by atoms with Gasteiger partial charge >= 0.3 is 128 Å². The fraction of sp³-hybridized carbons (Fsp3) is 0.857. The molecule has 0 atom stereocenters. The summed E-state index contributed by atoms with van der Waals surface area (Å²) >= 11 is 0. The molecule has 0 heterocycles. The first-order valence-electron chi connectivity index (χ1n) is 21.3. The summed E-state index contributed by atoms with van der Waals surface area (Å²) in [5.41, 5.74) is 0. The van der Waals surface area contributed by atoms with Crippen LogP contribution in [0.1, 0.15) is 125 Å². The minimum absolute atomic E-state index is 0. The Morgan fingerprint density at radius 1 is 0.221 bits per heavy atom. The van der Waals surface area contributed by atoms with Crippen molar-refractivity contribution < 1.29 is 176 Å². The van der Waals surface area contributed by atoms with Crippen molar-refractivity contribution in [2.24, 2.45) is 0 Å². The molecule has 0 saturated carbocycles. The molecule has 0 amide bonds. The first kappa shape index (κ1) is 135. The van der Waals surface area contributed by atoms with Gasteiger partial charge in [-0.05, 0) is 172 Å². The summed E-state index contributed by atoms with van der Waals surface area (Å²) < 4.78 is 104. The number of hydrogen-bond donors (Lipinski definition) is 0. The van der Waals surface area contributed by atoms with Crippen molar-refractivity contribution in [1.29, 1.82) is 0 Å². The molecule has 434 valence electrons. The third-order valence-electron chi connectivity index (χ3n) is 9.00. The topological polar surface area (TPSA) is 119 Å². The van der Waals surface area contributed by atoms with Gasteiger partial charge in [0.05, 0.1) is 111 Å². The molecule has 0 aliphatic rings. The molecule has 0 aliphatic carbocycles. The molecular weight excluding hydrogens is 1770 g/mol. The Morgan fingerprint density at radius 2 is 0.250 bits per heavy atom. The third-order valence-corrected chi connectivity index (χ3v) is 27.0.